The lowest BCUT2D eigenvalue weighted by molar-refractivity contribution is -0.139. The lowest BCUT2D eigenvalue weighted by atomic mass is 10.2. The van der Waals surface area contributed by atoms with Crippen molar-refractivity contribution in [1.82, 2.24) is 0 Å². The van der Waals surface area contributed by atoms with Crippen molar-refractivity contribution in [3.63, 3.8) is 0 Å². The fourth-order valence-electron chi connectivity index (χ4n) is 0.914. The van der Waals surface area contributed by atoms with Crippen LogP contribution in [0.1, 0.15) is 18.7 Å². The predicted molar refractivity (Wildman–Crippen MR) is 66.4 cm³/mol. The first kappa shape index (κ1) is 13.7. The molecule has 0 aromatic carbocycles. The Balaban J connectivity index is 3.06. The van der Waals surface area contributed by atoms with E-state index in [-0.39, 0.29) is 5.75 Å². The smallest absolute Gasteiger partial charge is 0.324 e. The molecule has 0 radical (unpaired) electrons. The van der Waals surface area contributed by atoms with Gasteiger partial charge in [-0.1, -0.05) is 0 Å². The van der Waals surface area contributed by atoms with Gasteiger partial charge < -0.3 is 5.11 Å². The van der Waals surface area contributed by atoms with Crippen LogP contribution >= 0.6 is 27.3 Å². The second-order valence-electron chi connectivity index (χ2n) is 3.77. The Morgan fingerprint density at radius 3 is 2.50 bits per heavy atom. The van der Waals surface area contributed by atoms with Gasteiger partial charge in [0, 0.05) is 9.35 Å². The minimum Gasteiger partial charge on any atom is -0.480 e. The fourth-order valence-corrected chi connectivity index (χ4v) is 4.24. The van der Waals surface area contributed by atoms with Gasteiger partial charge in [-0.3, -0.25) is 4.79 Å². The third-order valence-electron chi connectivity index (χ3n) is 2.30. The number of carbonyl (C=O) groups is 1. The molecule has 1 rings (SSSR count). The maximum Gasteiger partial charge on any atom is 0.324 e. The van der Waals surface area contributed by atoms with Crippen molar-refractivity contribution in [2.24, 2.45) is 0 Å². The molecule has 90 valence electrons. The molecule has 1 N–H and O–H groups in total. The topological polar surface area (TPSA) is 71.4 Å². The van der Waals surface area contributed by atoms with E-state index in [1.807, 2.05) is 0 Å². The van der Waals surface area contributed by atoms with E-state index < -0.39 is 20.6 Å². The summed E-state index contributed by atoms with van der Waals surface area (Å²) in [6.07, 6.45) is 0. The van der Waals surface area contributed by atoms with Crippen molar-refractivity contribution in [1.29, 1.82) is 0 Å². The Bertz CT molecular complexity index is 501. The van der Waals surface area contributed by atoms with Gasteiger partial charge in [0.1, 0.15) is 0 Å². The monoisotopic (exact) mass is 326 g/mol. The molecule has 0 saturated carbocycles. The van der Waals surface area contributed by atoms with Crippen LogP contribution in [0.2, 0.25) is 0 Å². The van der Waals surface area contributed by atoms with Crippen LogP contribution in [0.25, 0.3) is 0 Å². The van der Waals surface area contributed by atoms with E-state index in [4.69, 9.17) is 5.11 Å². The summed E-state index contributed by atoms with van der Waals surface area (Å²) in [5.41, 5.74) is 0. The molecule has 0 fully saturated rings. The molecule has 0 saturated heterocycles. The largest absolute Gasteiger partial charge is 0.480 e. The third kappa shape index (κ3) is 2.46. The number of halogens is 1. The number of carboxylic acid groups (broad SMARTS) is 1. The number of hydrogen-bond donors (Lipinski definition) is 1. The third-order valence-corrected chi connectivity index (χ3v) is 6.81. The maximum absolute atomic E-state index is 11.9. The summed E-state index contributed by atoms with van der Waals surface area (Å²) in [7, 11) is -3.72. The molecule has 0 aliphatic rings. The molecular weight excluding hydrogens is 316 g/mol. The summed E-state index contributed by atoms with van der Waals surface area (Å²) in [6, 6.07) is 1.74. The predicted octanol–water partition coefficient (Wildman–Crippen LogP) is 2.29. The number of hydrogen-bond acceptors (Lipinski definition) is 4. The first-order valence-electron chi connectivity index (χ1n) is 4.36. The highest BCUT2D eigenvalue weighted by Crippen LogP contribution is 2.29. The zero-order valence-electron chi connectivity index (χ0n) is 8.73. The standard InChI is InChI=1S/C9H11BrO4S2/c1-9(2,8(11)12)16(13,14)5-7-6(10)3-4-15-7/h3-4H,5H2,1-2H3,(H,11,12). The maximum atomic E-state index is 11.9. The first-order valence-corrected chi connectivity index (χ1v) is 7.68. The van der Waals surface area contributed by atoms with Crippen molar-refractivity contribution in [3.05, 3.63) is 20.8 Å². The van der Waals surface area contributed by atoms with Crippen LogP contribution in [0.3, 0.4) is 0 Å². The van der Waals surface area contributed by atoms with Crippen molar-refractivity contribution < 1.29 is 18.3 Å². The van der Waals surface area contributed by atoms with Gasteiger partial charge in [0.15, 0.2) is 14.6 Å². The highest BCUT2D eigenvalue weighted by Gasteiger charge is 2.42. The molecule has 0 aliphatic carbocycles. The second-order valence-corrected chi connectivity index (χ2v) is 8.16. The zero-order chi connectivity index (χ0) is 12.6. The molecule has 7 heteroatoms. The molecule has 1 heterocycles. The highest BCUT2D eigenvalue weighted by atomic mass is 79.9. The summed E-state index contributed by atoms with van der Waals surface area (Å²) in [4.78, 5) is 11.5. The van der Waals surface area contributed by atoms with Gasteiger partial charge in [-0.05, 0) is 41.2 Å². The number of thiophene rings is 1. The molecule has 1 aromatic rings. The molecule has 0 atom stereocenters. The van der Waals surface area contributed by atoms with Crippen LogP contribution < -0.4 is 0 Å². The lowest BCUT2D eigenvalue weighted by Gasteiger charge is -2.19. The van der Waals surface area contributed by atoms with Crippen LogP contribution in [0.5, 0.6) is 0 Å². The minimum atomic E-state index is -3.72. The molecule has 1 aromatic heterocycles. The lowest BCUT2D eigenvalue weighted by Crippen LogP contribution is -2.41. The van der Waals surface area contributed by atoms with Gasteiger partial charge in [0.25, 0.3) is 0 Å². The zero-order valence-corrected chi connectivity index (χ0v) is 11.9. The Hall–Kier alpha value is -0.400. The van der Waals surface area contributed by atoms with Crippen molar-refractivity contribution in [2.45, 2.75) is 24.3 Å². The minimum absolute atomic E-state index is 0.259. The van der Waals surface area contributed by atoms with Gasteiger partial charge in [-0.25, -0.2) is 8.42 Å². The van der Waals surface area contributed by atoms with Crippen LogP contribution in [-0.4, -0.2) is 24.2 Å². The number of carboxylic acids is 1. The van der Waals surface area contributed by atoms with E-state index in [0.29, 0.717) is 9.35 Å². The quantitative estimate of drug-likeness (QED) is 0.921. The van der Waals surface area contributed by atoms with E-state index in [1.54, 1.807) is 11.4 Å². The van der Waals surface area contributed by atoms with Crippen molar-refractivity contribution in [2.75, 3.05) is 0 Å². The molecule has 0 spiro atoms. The van der Waals surface area contributed by atoms with Crippen LogP contribution in [0.15, 0.2) is 15.9 Å². The van der Waals surface area contributed by atoms with Gasteiger partial charge in [-0.2, -0.15) is 0 Å². The summed E-state index contributed by atoms with van der Waals surface area (Å²) >= 11 is 4.51. The van der Waals surface area contributed by atoms with Crippen molar-refractivity contribution >= 4 is 43.1 Å². The highest BCUT2D eigenvalue weighted by molar-refractivity contribution is 9.10. The molecule has 16 heavy (non-hydrogen) atoms. The Labute approximate surface area is 106 Å². The SMILES string of the molecule is CC(C)(C(=O)O)S(=O)(=O)Cc1sccc1Br. The van der Waals surface area contributed by atoms with Gasteiger partial charge in [0.05, 0.1) is 5.75 Å². The number of sulfone groups is 1. The van der Waals surface area contributed by atoms with Gasteiger partial charge >= 0.3 is 5.97 Å². The Kier molecular flexibility index (Phi) is 3.81. The molecule has 0 aliphatic heterocycles. The van der Waals surface area contributed by atoms with E-state index in [0.717, 1.165) is 0 Å². The van der Waals surface area contributed by atoms with E-state index in [1.165, 1.54) is 25.2 Å². The summed E-state index contributed by atoms with van der Waals surface area (Å²) in [5, 5.41) is 10.6. The first-order chi connectivity index (χ1) is 7.18. The number of rotatable bonds is 4. The van der Waals surface area contributed by atoms with Crippen molar-refractivity contribution in [3.8, 4) is 0 Å². The normalized spacial score (nSPS) is 12.7. The molecule has 0 amide bonds. The van der Waals surface area contributed by atoms with E-state index in [2.05, 4.69) is 15.9 Å². The van der Waals surface area contributed by atoms with Gasteiger partial charge in [-0.15, -0.1) is 11.3 Å². The average Bonchev–Trinajstić information content (AvgIpc) is 2.50. The molecule has 0 bridgehead atoms. The molecule has 0 unspecified atom stereocenters. The Morgan fingerprint density at radius 1 is 1.56 bits per heavy atom. The van der Waals surface area contributed by atoms with Crippen LogP contribution in [0.4, 0.5) is 0 Å². The number of aliphatic carboxylic acids is 1. The molecule has 4 nitrogen and oxygen atoms in total. The van der Waals surface area contributed by atoms with Crippen LogP contribution in [-0.2, 0) is 20.4 Å². The fraction of sp³-hybridized carbons (Fsp3) is 0.444. The van der Waals surface area contributed by atoms with Gasteiger partial charge in [0.2, 0.25) is 0 Å². The second kappa shape index (κ2) is 4.46. The van der Waals surface area contributed by atoms with E-state index >= 15 is 0 Å². The Morgan fingerprint density at radius 2 is 2.12 bits per heavy atom. The summed E-state index contributed by atoms with van der Waals surface area (Å²) in [6.45, 7) is 2.40. The summed E-state index contributed by atoms with van der Waals surface area (Å²) < 4.78 is 22.8. The summed E-state index contributed by atoms with van der Waals surface area (Å²) in [5.74, 6) is -1.59. The van der Waals surface area contributed by atoms with Crippen LogP contribution in [0, 0.1) is 0 Å². The van der Waals surface area contributed by atoms with E-state index in [9.17, 15) is 13.2 Å². The molecular formula is C9H11BrO4S2. The average molecular weight is 327 g/mol.